The normalized spacial score (nSPS) is 19.0. The van der Waals surface area contributed by atoms with E-state index in [1.165, 1.54) is 30.5 Å². The highest BCUT2D eigenvalue weighted by molar-refractivity contribution is 5.83. The third-order valence-electron chi connectivity index (χ3n) is 5.96. The van der Waals surface area contributed by atoms with Crippen molar-refractivity contribution in [2.24, 2.45) is 11.6 Å². The molecule has 164 valence electrons. The zero-order valence-electron chi connectivity index (χ0n) is 17.7. The Morgan fingerprint density at radius 2 is 1.87 bits per heavy atom. The van der Waals surface area contributed by atoms with E-state index in [0.717, 1.165) is 35.5 Å². The molecule has 1 aliphatic carbocycles. The van der Waals surface area contributed by atoms with Crippen LogP contribution in [0, 0.1) is 0 Å². The SMILES string of the molecule is N/C=C\N(N)c1ccc(CN2CC(C(=O)NC3CCCCC3)Oc3ccccc32)cc1. The summed E-state index contributed by atoms with van der Waals surface area (Å²) in [5.74, 6) is 6.65. The average Bonchev–Trinajstić information content (AvgIpc) is 2.80. The van der Waals surface area contributed by atoms with E-state index in [9.17, 15) is 4.79 Å². The number of benzene rings is 2. The van der Waals surface area contributed by atoms with E-state index in [1.807, 2.05) is 48.5 Å². The molecule has 0 radical (unpaired) electrons. The zero-order chi connectivity index (χ0) is 21.6. The number of anilines is 2. The second kappa shape index (κ2) is 9.75. The molecule has 1 aliphatic heterocycles. The number of para-hydroxylation sites is 2. The number of nitrogens with two attached hydrogens (primary N) is 2. The molecule has 5 N–H and O–H groups in total. The first kappa shape index (κ1) is 21.1. The van der Waals surface area contributed by atoms with Crippen LogP contribution in [0.1, 0.15) is 37.7 Å². The van der Waals surface area contributed by atoms with E-state index < -0.39 is 6.10 Å². The molecule has 0 aromatic heterocycles. The number of hydrogen-bond donors (Lipinski definition) is 3. The number of amides is 1. The number of hydrazine groups is 1. The number of nitrogens with one attached hydrogen (secondary N) is 1. The van der Waals surface area contributed by atoms with Gasteiger partial charge in [-0.05, 0) is 42.7 Å². The highest BCUT2D eigenvalue weighted by Crippen LogP contribution is 2.34. The van der Waals surface area contributed by atoms with Crippen molar-refractivity contribution in [3.05, 3.63) is 66.5 Å². The summed E-state index contributed by atoms with van der Waals surface area (Å²) in [4.78, 5) is 15.2. The summed E-state index contributed by atoms with van der Waals surface area (Å²) in [6, 6.07) is 16.1. The van der Waals surface area contributed by atoms with Crippen molar-refractivity contribution in [2.45, 2.75) is 50.8 Å². The summed E-state index contributed by atoms with van der Waals surface area (Å²) in [6.45, 7) is 1.18. The molecule has 1 amide bonds. The summed E-state index contributed by atoms with van der Waals surface area (Å²) in [7, 11) is 0. The highest BCUT2D eigenvalue weighted by Gasteiger charge is 2.32. The van der Waals surface area contributed by atoms with Gasteiger partial charge in [-0.25, -0.2) is 5.84 Å². The predicted octanol–water partition coefficient (Wildman–Crippen LogP) is 3.01. The monoisotopic (exact) mass is 421 g/mol. The maximum Gasteiger partial charge on any atom is 0.263 e. The van der Waals surface area contributed by atoms with Gasteiger partial charge in [0.05, 0.1) is 17.9 Å². The van der Waals surface area contributed by atoms with Gasteiger partial charge in [0.2, 0.25) is 0 Å². The zero-order valence-corrected chi connectivity index (χ0v) is 17.7. The third kappa shape index (κ3) is 5.11. The van der Waals surface area contributed by atoms with Crippen LogP contribution in [0.15, 0.2) is 60.9 Å². The van der Waals surface area contributed by atoms with Crippen LogP contribution in [0.5, 0.6) is 5.75 Å². The van der Waals surface area contributed by atoms with Crippen molar-refractivity contribution in [3.8, 4) is 5.75 Å². The average molecular weight is 422 g/mol. The summed E-state index contributed by atoms with van der Waals surface area (Å²) < 4.78 is 6.08. The predicted molar refractivity (Wildman–Crippen MR) is 123 cm³/mol. The quantitative estimate of drug-likeness (QED) is 0.490. The molecule has 1 saturated carbocycles. The molecular formula is C24H31N5O2. The molecule has 1 atom stereocenters. The smallest absolute Gasteiger partial charge is 0.263 e. The maximum absolute atomic E-state index is 13.0. The summed E-state index contributed by atoms with van der Waals surface area (Å²) in [5.41, 5.74) is 8.38. The lowest BCUT2D eigenvalue weighted by Gasteiger charge is -2.36. The topological polar surface area (TPSA) is 96.9 Å². The second-order valence-electron chi connectivity index (χ2n) is 8.21. The van der Waals surface area contributed by atoms with Crippen LogP contribution < -0.4 is 31.5 Å². The minimum absolute atomic E-state index is 0.0194. The Morgan fingerprint density at radius 3 is 2.61 bits per heavy atom. The van der Waals surface area contributed by atoms with Gasteiger partial charge >= 0.3 is 0 Å². The largest absolute Gasteiger partial charge is 0.477 e. The molecule has 0 bridgehead atoms. The molecular weight excluding hydrogens is 390 g/mol. The first-order valence-electron chi connectivity index (χ1n) is 11.0. The Labute approximate surface area is 183 Å². The maximum atomic E-state index is 13.0. The number of carbonyl (C=O) groups excluding carboxylic acids is 1. The van der Waals surface area contributed by atoms with Crippen LogP contribution in [0.4, 0.5) is 11.4 Å². The van der Waals surface area contributed by atoms with Gasteiger partial charge in [-0.3, -0.25) is 9.80 Å². The van der Waals surface area contributed by atoms with Gasteiger partial charge < -0.3 is 20.7 Å². The lowest BCUT2D eigenvalue weighted by atomic mass is 9.95. The minimum Gasteiger partial charge on any atom is -0.477 e. The van der Waals surface area contributed by atoms with Crippen LogP contribution >= 0.6 is 0 Å². The molecule has 2 aliphatic rings. The number of nitrogens with zero attached hydrogens (tertiary/aromatic N) is 2. The molecule has 4 rings (SSSR count). The van der Waals surface area contributed by atoms with E-state index in [-0.39, 0.29) is 11.9 Å². The first-order valence-corrected chi connectivity index (χ1v) is 11.0. The molecule has 7 nitrogen and oxygen atoms in total. The van der Waals surface area contributed by atoms with E-state index in [0.29, 0.717) is 13.1 Å². The minimum atomic E-state index is -0.523. The Balaban J connectivity index is 1.47. The van der Waals surface area contributed by atoms with Crippen LogP contribution in [0.3, 0.4) is 0 Å². The number of fused-ring (bicyclic) bond motifs is 1. The number of ether oxygens (including phenoxy) is 1. The molecule has 0 spiro atoms. The van der Waals surface area contributed by atoms with Gasteiger partial charge in [-0.15, -0.1) is 0 Å². The van der Waals surface area contributed by atoms with E-state index in [1.54, 1.807) is 6.20 Å². The highest BCUT2D eigenvalue weighted by atomic mass is 16.5. The van der Waals surface area contributed by atoms with Crippen molar-refractivity contribution in [2.75, 3.05) is 16.5 Å². The van der Waals surface area contributed by atoms with Crippen molar-refractivity contribution in [1.82, 2.24) is 5.32 Å². The third-order valence-corrected chi connectivity index (χ3v) is 5.96. The van der Waals surface area contributed by atoms with Crippen LogP contribution in [0.2, 0.25) is 0 Å². The number of hydrogen-bond acceptors (Lipinski definition) is 6. The lowest BCUT2D eigenvalue weighted by Crippen LogP contribution is -2.51. The van der Waals surface area contributed by atoms with Crippen molar-refractivity contribution in [1.29, 1.82) is 0 Å². The molecule has 2 aromatic carbocycles. The molecule has 31 heavy (non-hydrogen) atoms. The second-order valence-corrected chi connectivity index (χ2v) is 8.21. The fraction of sp³-hybridized carbons (Fsp3) is 0.375. The van der Waals surface area contributed by atoms with Gasteiger partial charge in [0, 0.05) is 25.0 Å². The standard InChI is InChI=1S/C24H31N5O2/c25-14-15-29(26)20-12-10-18(11-13-20)16-28-17-23(31-22-9-5-4-8-21(22)28)24(30)27-19-6-2-1-3-7-19/h4-5,8-15,19,23H,1-3,6-7,16-17,25-26H2,(H,27,30)/b15-14-. The van der Waals surface area contributed by atoms with Crippen LogP contribution in [-0.2, 0) is 11.3 Å². The molecule has 2 aromatic rings. The van der Waals surface area contributed by atoms with Crippen molar-refractivity contribution in [3.63, 3.8) is 0 Å². The fourth-order valence-corrected chi connectivity index (χ4v) is 4.31. The lowest BCUT2D eigenvalue weighted by molar-refractivity contribution is -0.128. The van der Waals surface area contributed by atoms with Gasteiger partial charge in [0.1, 0.15) is 5.75 Å². The van der Waals surface area contributed by atoms with Crippen molar-refractivity contribution < 1.29 is 9.53 Å². The first-order chi connectivity index (χ1) is 15.1. The molecule has 7 heteroatoms. The summed E-state index contributed by atoms with van der Waals surface area (Å²) >= 11 is 0. The number of carbonyl (C=O) groups is 1. The van der Waals surface area contributed by atoms with Gasteiger partial charge in [0.15, 0.2) is 6.10 Å². The Kier molecular flexibility index (Phi) is 6.62. The summed E-state index contributed by atoms with van der Waals surface area (Å²) in [6.07, 6.45) is 8.22. The van der Waals surface area contributed by atoms with E-state index >= 15 is 0 Å². The van der Waals surface area contributed by atoms with Gasteiger partial charge in [0.25, 0.3) is 5.91 Å². The molecule has 1 heterocycles. The van der Waals surface area contributed by atoms with Crippen molar-refractivity contribution >= 4 is 17.3 Å². The molecule has 0 saturated heterocycles. The van der Waals surface area contributed by atoms with E-state index in [2.05, 4.69) is 10.2 Å². The van der Waals surface area contributed by atoms with Crippen LogP contribution in [-0.4, -0.2) is 24.6 Å². The van der Waals surface area contributed by atoms with E-state index in [4.69, 9.17) is 16.3 Å². The Hall–Kier alpha value is -3.19. The van der Waals surface area contributed by atoms with Gasteiger partial charge in [-0.2, -0.15) is 0 Å². The fourth-order valence-electron chi connectivity index (χ4n) is 4.31. The number of rotatable bonds is 6. The van der Waals surface area contributed by atoms with Gasteiger partial charge in [-0.1, -0.05) is 43.5 Å². The summed E-state index contributed by atoms with van der Waals surface area (Å²) in [5, 5.41) is 4.68. The Morgan fingerprint density at radius 1 is 1.13 bits per heavy atom. The Bertz CT molecular complexity index is 908. The van der Waals surface area contributed by atoms with Crippen LogP contribution in [0.25, 0.3) is 0 Å². The molecule has 1 unspecified atom stereocenters. The molecule has 1 fully saturated rings.